The molecule has 0 atom stereocenters. The van der Waals surface area contributed by atoms with E-state index in [1.165, 1.54) is 0 Å². The molecule has 98 valence electrons. The summed E-state index contributed by atoms with van der Waals surface area (Å²) in [6.07, 6.45) is 3.74. The number of likely N-dealkylation sites (tertiary alicyclic amines) is 1. The van der Waals surface area contributed by atoms with Crippen molar-refractivity contribution in [2.24, 2.45) is 0 Å². The van der Waals surface area contributed by atoms with Crippen molar-refractivity contribution < 1.29 is 9.53 Å². The molecular weight excluding hydrogens is 214 g/mol. The van der Waals surface area contributed by atoms with Gasteiger partial charge in [0.1, 0.15) is 0 Å². The van der Waals surface area contributed by atoms with Crippen molar-refractivity contribution in [1.82, 2.24) is 4.90 Å². The van der Waals surface area contributed by atoms with Gasteiger partial charge in [0.25, 0.3) is 0 Å². The van der Waals surface area contributed by atoms with E-state index in [-0.39, 0.29) is 23.1 Å². The fraction of sp³-hybridized carbons (Fsp3) is 0.786. The molecule has 0 spiro atoms. The molecule has 1 saturated heterocycles. The van der Waals surface area contributed by atoms with Crippen LogP contribution in [0.3, 0.4) is 0 Å². The highest BCUT2D eigenvalue weighted by Crippen LogP contribution is 2.39. The van der Waals surface area contributed by atoms with Gasteiger partial charge in [0.05, 0.1) is 12.7 Å². The Morgan fingerprint density at radius 2 is 1.82 bits per heavy atom. The van der Waals surface area contributed by atoms with Gasteiger partial charge < -0.3 is 9.64 Å². The van der Waals surface area contributed by atoms with Gasteiger partial charge in [-0.15, -0.1) is 6.58 Å². The molecule has 0 radical (unpaired) electrons. The van der Waals surface area contributed by atoms with Gasteiger partial charge in [-0.1, -0.05) is 6.08 Å². The SMILES string of the molecule is C=CCOC1CC(C)(C)N(C(C)=O)C(C)(C)C1. The maximum atomic E-state index is 11.8. The maximum absolute atomic E-state index is 11.8. The first-order valence-electron chi connectivity index (χ1n) is 6.24. The molecule has 3 nitrogen and oxygen atoms in total. The van der Waals surface area contributed by atoms with E-state index in [9.17, 15) is 4.79 Å². The molecule has 1 aliphatic heterocycles. The lowest BCUT2D eigenvalue weighted by atomic mass is 9.78. The van der Waals surface area contributed by atoms with Crippen LogP contribution in [-0.2, 0) is 9.53 Å². The van der Waals surface area contributed by atoms with E-state index < -0.39 is 0 Å². The second-order valence-electron chi connectivity index (χ2n) is 6.13. The van der Waals surface area contributed by atoms with Gasteiger partial charge in [-0.25, -0.2) is 0 Å². The van der Waals surface area contributed by atoms with E-state index in [0.29, 0.717) is 6.61 Å². The summed E-state index contributed by atoms with van der Waals surface area (Å²) in [5.41, 5.74) is -0.307. The summed E-state index contributed by atoms with van der Waals surface area (Å²) in [5, 5.41) is 0. The number of piperidine rings is 1. The normalized spacial score (nSPS) is 23.5. The van der Waals surface area contributed by atoms with Crippen molar-refractivity contribution in [3.05, 3.63) is 12.7 Å². The van der Waals surface area contributed by atoms with Gasteiger partial charge in [0.15, 0.2) is 0 Å². The van der Waals surface area contributed by atoms with Gasteiger partial charge in [0, 0.05) is 18.0 Å². The molecule has 1 fully saturated rings. The average molecular weight is 239 g/mol. The quantitative estimate of drug-likeness (QED) is 0.709. The van der Waals surface area contributed by atoms with Crippen LogP contribution in [0.5, 0.6) is 0 Å². The molecule has 0 aromatic rings. The topological polar surface area (TPSA) is 29.5 Å². The van der Waals surface area contributed by atoms with E-state index in [1.807, 2.05) is 4.90 Å². The summed E-state index contributed by atoms with van der Waals surface area (Å²) in [6, 6.07) is 0. The van der Waals surface area contributed by atoms with Crippen molar-refractivity contribution in [2.45, 2.75) is 64.6 Å². The van der Waals surface area contributed by atoms with Crippen molar-refractivity contribution in [3.63, 3.8) is 0 Å². The Morgan fingerprint density at radius 3 is 2.18 bits per heavy atom. The Kier molecular flexibility index (Phi) is 4.03. The summed E-state index contributed by atoms with van der Waals surface area (Å²) in [4.78, 5) is 13.8. The highest BCUT2D eigenvalue weighted by Gasteiger charge is 2.46. The predicted octanol–water partition coefficient (Wildman–Crippen LogP) is 2.76. The first-order valence-corrected chi connectivity index (χ1v) is 6.24. The number of rotatable bonds is 3. The van der Waals surface area contributed by atoms with E-state index in [2.05, 4.69) is 34.3 Å². The third-order valence-corrected chi connectivity index (χ3v) is 3.43. The number of carbonyl (C=O) groups is 1. The molecular formula is C14H25NO2. The zero-order valence-electron chi connectivity index (χ0n) is 11.7. The monoisotopic (exact) mass is 239 g/mol. The van der Waals surface area contributed by atoms with Crippen LogP contribution in [-0.4, -0.2) is 34.6 Å². The lowest BCUT2D eigenvalue weighted by Crippen LogP contribution is -2.63. The largest absolute Gasteiger partial charge is 0.374 e. The fourth-order valence-electron chi connectivity index (χ4n) is 3.36. The zero-order valence-corrected chi connectivity index (χ0v) is 11.7. The summed E-state index contributed by atoms with van der Waals surface area (Å²) in [5.74, 6) is 0.141. The van der Waals surface area contributed by atoms with Crippen molar-refractivity contribution in [1.29, 1.82) is 0 Å². The lowest BCUT2D eigenvalue weighted by molar-refractivity contribution is -0.155. The van der Waals surface area contributed by atoms with Gasteiger partial charge in [-0.2, -0.15) is 0 Å². The minimum atomic E-state index is -0.153. The molecule has 0 aromatic carbocycles. The van der Waals surface area contributed by atoms with Crippen LogP contribution in [0.2, 0.25) is 0 Å². The van der Waals surface area contributed by atoms with E-state index >= 15 is 0 Å². The molecule has 17 heavy (non-hydrogen) atoms. The van der Waals surface area contributed by atoms with Crippen LogP contribution in [0.4, 0.5) is 0 Å². The number of nitrogens with zero attached hydrogens (tertiary/aromatic N) is 1. The van der Waals surface area contributed by atoms with Crippen LogP contribution in [0.15, 0.2) is 12.7 Å². The highest BCUT2D eigenvalue weighted by molar-refractivity contribution is 5.75. The first-order chi connectivity index (χ1) is 7.70. The van der Waals surface area contributed by atoms with Crippen molar-refractivity contribution >= 4 is 5.91 Å². The summed E-state index contributed by atoms with van der Waals surface area (Å²) in [7, 11) is 0. The maximum Gasteiger partial charge on any atom is 0.220 e. The minimum absolute atomic E-state index is 0.141. The standard InChI is InChI=1S/C14H25NO2/c1-7-8-17-12-9-13(3,4)15(11(2)16)14(5,6)10-12/h7,12H,1,8-10H2,2-6H3. The Balaban J connectivity index is 2.88. The van der Waals surface area contributed by atoms with E-state index in [0.717, 1.165) is 12.8 Å². The molecule has 0 aliphatic carbocycles. The Morgan fingerprint density at radius 1 is 1.35 bits per heavy atom. The second kappa shape index (κ2) is 4.81. The molecule has 0 bridgehead atoms. The number of amides is 1. The van der Waals surface area contributed by atoms with Gasteiger partial charge in [-0.05, 0) is 40.5 Å². The fourth-order valence-corrected chi connectivity index (χ4v) is 3.36. The summed E-state index contributed by atoms with van der Waals surface area (Å²) < 4.78 is 5.78. The Labute approximate surface area is 105 Å². The minimum Gasteiger partial charge on any atom is -0.374 e. The average Bonchev–Trinajstić information content (AvgIpc) is 2.09. The molecule has 1 heterocycles. The van der Waals surface area contributed by atoms with Crippen LogP contribution in [0.1, 0.15) is 47.5 Å². The van der Waals surface area contributed by atoms with Gasteiger partial charge >= 0.3 is 0 Å². The lowest BCUT2D eigenvalue weighted by Gasteiger charge is -2.54. The van der Waals surface area contributed by atoms with E-state index in [1.54, 1.807) is 13.0 Å². The molecule has 0 N–H and O–H groups in total. The van der Waals surface area contributed by atoms with E-state index in [4.69, 9.17) is 4.74 Å². The first kappa shape index (κ1) is 14.2. The molecule has 0 unspecified atom stereocenters. The van der Waals surface area contributed by atoms with Crippen LogP contribution >= 0.6 is 0 Å². The molecule has 0 aromatic heterocycles. The molecule has 1 amide bonds. The Bertz CT molecular complexity index is 289. The number of ether oxygens (including phenoxy) is 1. The zero-order chi connectivity index (χ0) is 13.3. The Hall–Kier alpha value is -0.830. The third-order valence-electron chi connectivity index (χ3n) is 3.43. The summed E-state index contributed by atoms with van der Waals surface area (Å²) >= 11 is 0. The molecule has 3 heteroatoms. The van der Waals surface area contributed by atoms with Crippen LogP contribution in [0.25, 0.3) is 0 Å². The molecule has 0 saturated carbocycles. The van der Waals surface area contributed by atoms with Gasteiger partial charge in [-0.3, -0.25) is 4.79 Å². The smallest absolute Gasteiger partial charge is 0.220 e. The number of carbonyl (C=O) groups excluding carboxylic acids is 1. The molecule has 1 rings (SSSR count). The number of hydrogen-bond acceptors (Lipinski definition) is 2. The number of hydrogen-bond donors (Lipinski definition) is 0. The van der Waals surface area contributed by atoms with Crippen molar-refractivity contribution in [2.75, 3.05) is 6.61 Å². The highest BCUT2D eigenvalue weighted by atomic mass is 16.5. The van der Waals surface area contributed by atoms with Gasteiger partial charge in [0.2, 0.25) is 5.91 Å². The predicted molar refractivity (Wildman–Crippen MR) is 69.8 cm³/mol. The van der Waals surface area contributed by atoms with Crippen LogP contribution < -0.4 is 0 Å². The van der Waals surface area contributed by atoms with Crippen LogP contribution in [0, 0.1) is 0 Å². The third kappa shape index (κ3) is 3.09. The second-order valence-corrected chi connectivity index (χ2v) is 6.13. The molecule has 1 aliphatic rings. The summed E-state index contributed by atoms with van der Waals surface area (Å²) in [6.45, 7) is 14.3. The van der Waals surface area contributed by atoms with Crippen molar-refractivity contribution in [3.8, 4) is 0 Å².